The van der Waals surface area contributed by atoms with E-state index in [1.807, 2.05) is 49.4 Å². The summed E-state index contributed by atoms with van der Waals surface area (Å²) in [5.74, 6) is 1.56. The topological polar surface area (TPSA) is 44.5 Å². The van der Waals surface area contributed by atoms with E-state index in [0.29, 0.717) is 13.2 Å². The Hall–Kier alpha value is -1.52. The van der Waals surface area contributed by atoms with Crippen LogP contribution >= 0.6 is 15.9 Å². The van der Waals surface area contributed by atoms with E-state index < -0.39 is 5.54 Å². The minimum atomic E-state index is -0.606. The van der Waals surface area contributed by atoms with Gasteiger partial charge < -0.3 is 15.2 Å². The van der Waals surface area contributed by atoms with E-state index in [1.165, 1.54) is 0 Å². The lowest BCUT2D eigenvalue weighted by atomic mass is 9.85. The third-order valence-corrected chi connectivity index (χ3v) is 4.47. The highest BCUT2D eigenvalue weighted by Crippen LogP contribution is 2.37. The van der Waals surface area contributed by atoms with Crippen molar-refractivity contribution in [3.05, 3.63) is 58.1 Å². The van der Waals surface area contributed by atoms with Crippen molar-refractivity contribution >= 4 is 15.9 Å². The molecule has 1 unspecified atom stereocenters. The SMILES string of the molecule is CC(N)(c1ccc2c(c1)OCCCO2)c1ccccc1Br. The lowest BCUT2D eigenvalue weighted by molar-refractivity contribution is 0.297. The first kappa shape index (κ1) is 14.4. The lowest BCUT2D eigenvalue weighted by Crippen LogP contribution is -2.34. The van der Waals surface area contributed by atoms with Crippen LogP contribution in [0.1, 0.15) is 24.5 Å². The lowest BCUT2D eigenvalue weighted by Gasteiger charge is -2.27. The summed E-state index contributed by atoms with van der Waals surface area (Å²) >= 11 is 3.58. The molecule has 0 aliphatic carbocycles. The van der Waals surface area contributed by atoms with Crippen LogP contribution in [0, 0.1) is 0 Å². The maximum Gasteiger partial charge on any atom is 0.161 e. The predicted molar refractivity (Wildman–Crippen MR) is 86.8 cm³/mol. The smallest absolute Gasteiger partial charge is 0.161 e. The van der Waals surface area contributed by atoms with Crippen LogP contribution in [0.5, 0.6) is 11.5 Å². The van der Waals surface area contributed by atoms with Gasteiger partial charge >= 0.3 is 0 Å². The Labute approximate surface area is 133 Å². The molecule has 0 aromatic heterocycles. The molecule has 2 aromatic carbocycles. The largest absolute Gasteiger partial charge is 0.490 e. The van der Waals surface area contributed by atoms with E-state index >= 15 is 0 Å². The second-order valence-electron chi connectivity index (χ2n) is 5.39. The molecule has 3 nitrogen and oxygen atoms in total. The summed E-state index contributed by atoms with van der Waals surface area (Å²) in [7, 11) is 0. The van der Waals surface area contributed by atoms with E-state index in [4.69, 9.17) is 15.2 Å². The molecule has 0 fully saturated rings. The minimum Gasteiger partial charge on any atom is -0.490 e. The molecule has 2 N–H and O–H groups in total. The first-order chi connectivity index (χ1) is 10.1. The standard InChI is InChI=1S/C17H18BrNO2/c1-17(19,13-5-2-3-6-14(13)18)12-7-8-15-16(11-12)21-10-4-9-20-15/h2-3,5-8,11H,4,9-10,19H2,1H3. The molecular formula is C17H18BrNO2. The molecule has 1 atom stereocenters. The molecule has 0 spiro atoms. The highest BCUT2D eigenvalue weighted by molar-refractivity contribution is 9.10. The predicted octanol–water partition coefficient (Wildman–Crippen LogP) is 3.83. The molecular weight excluding hydrogens is 330 g/mol. The molecule has 1 aliphatic heterocycles. The van der Waals surface area contributed by atoms with Gasteiger partial charge in [0.1, 0.15) is 0 Å². The summed E-state index contributed by atoms with van der Waals surface area (Å²) in [4.78, 5) is 0. The molecule has 1 aliphatic rings. The van der Waals surface area contributed by atoms with Gasteiger partial charge in [-0.3, -0.25) is 0 Å². The Bertz CT molecular complexity index is 655. The van der Waals surface area contributed by atoms with Gasteiger partial charge in [0.25, 0.3) is 0 Å². The van der Waals surface area contributed by atoms with E-state index in [1.54, 1.807) is 0 Å². The maximum atomic E-state index is 6.61. The number of hydrogen-bond donors (Lipinski definition) is 1. The number of fused-ring (bicyclic) bond motifs is 1. The minimum absolute atomic E-state index is 0.606. The van der Waals surface area contributed by atoms with Crippen LogP contribution in [0.15, 0.2) is 46.9 Å². The molecule has 4 heteroatoms. The fourth-order valence-electron chi connectivity index (χ4n) is 2.52. The van der Waals surface area contributed by atoms with Crippen molar-refractivity contribution < 1.29 is 9.47 Å². The maximum absolute atomic E-state index is 6.61. The van der Waals surface area contributed by atoms with Gasteiger partial charge in [0, 0.05) is 10.9 Å². The third kappa shape index (κ3) is 2.78. The molecule has 0 bridgehead atoms. The molecule has 3 rings (SSSR count). The van der Waals surface area contributed by atoms with Crippen molar-refractivity contribution in [1.29, 1.82) is 0 Å². The molecule has 21 heavy (non-hydrogen) atoms. The molecule has 0 saturated heterocycles. The van der Waals surface area contributed by atoms with Gasteiger partial charge in [-0.05, 0) is 36.2 Å². The van der Waals surface area contributed by atoms with Gasteiger partial charge in [-0.1, -0.05) is 40.2 Å². The number of benzene rings is 2. The van der Waals surface area contributed by atoms with Gasteiger partial charge in [0.2, 0.25) is 0 Å². The van der Waals surface area contributed by atoms with Crippen molar-refractivity contribution in [3.8, 4) is 11.5 Å². The molecule has 0 amide bonds. The zero-order chi connectivity index (χ0) is 14.9. The Morgan fingerprint density at radius 3 is 2.52 bits per heavy atom. The van der Waals surface area contributed by atoms with E-state index in [2.05, 4.69) is 15.9 Å². The fourth-order valence-corrected chi connectivity index (χ4v) is 3.22. The van der Waals surface area contributed by atoms with E-state index in [-0.39, 0.29) is 0 Å². The van der Waals surface area contributed by atoms with Crippen LogP contribution in [0.3, 0.4) is 0 Å². The zero-order valence-corrected chi connectivity index (χ0v) is 13.5. The van der Waals surface area contributed by atoms with Gasteiger partial charge in [-0.25, -0.2) is 0 Å². The fraction of sp³-hybridized carbons (Fsp3) is 0.294. The summed E-state index contributed by atoms with van der Waals surface area (Å²) < 4.78 is 12.4. The second-order valence-corrected chi connectivity index (χ2v) is 6.25. The highest BCUT2D eigenvalue weighted by atomic mass is 79.9. The number of ether oxygens (including phenoxy) is 2. The van der Waals surface area contributed by atoms with Crippen LogP contribution in [-0.4, -0.2) is 13.2 Å². The number of rotatable bonds is 2. The van der Waals surface area contributed by atoms with Crippen LogP contribution < -0.4 is 15.2 Å². The normalized spacial score (nSPS) is 16.9. The van der Waals surface area contributed by atoms with Crippen molar-refractivity contribution in [2.75, 3.05) is 13.2 Å². The van der Waals surface area contributed by atoms with Gasteiger partial charge in [-0.15, -0.1) is 0 Å². The molecule has 2 aromatic rings. The second kappa shape index (κ2) is 5.70. The van der Waals surface area contributed by atoms with E-state index in [0.717, 1.165) is 33.5 Å². The number of nitrogens with two attached hydrogens (primary N) is 1. The quantitative estimate of drug-likeness (QED) is 0.897. The molecule has 0 saturated carbocycles. The Balaban J connectivity index is 2.03. The Morgan fingerprint density at radius 1 is 1.05 bits per heavy atom. The summed E-state index contributed by atoms with van der Waals surface area (Å²) in [5, 5.41) is 0. The van der Waals surface area contributed by atoms with Crippen LogP contribution in [0.4, 0.5) is 0 Å². The van der Waals surface area contributed by atoms with Crippen molar-refractivity contribution in [2.45, 2.75) is 18.9 Å². The molecule has 110 valence electrons. The van der Waals surface area contributed by atoms with E-state index in [9.17, 15) is 0 Å². The van der Waals surface area contributed by atoms with Gasteiger partial charge in [0.15, 0.2) is 11.5 Å². The highest BCUT2D eigenvalue weighted by Gasteiger charge is 2.27. The van der Waals surface area contributed by atoms with Gasteiger partial charge in [-0.2, -0.15) is 0 Å². The van der Waals surface area contributed by atoms with Crippen molar-refractivity contribution in [3.63, 3.8) is 0 Å². The summed E-state index contributed by atoms with van der Waals surface area (Å²) in [5.41, 5.74) is 8.04. The summed E-state index contributed by atoms with van der Waals surface area (Å²) in [6.07, 6.45) is 0.897. The molecule has 1 heterocycles. The van der Waals surface area contributed by atoms with Crippen molar-refractivity contribution in [1.82, 2.24) is 0 Å². The zero-order valence-electron chi connectivity index (χ0n) is 11.9. The van der Waals surface area contributed by atoms with Crippen LogP contribution in [0.2, 0.25) is 0 Å². The Morgan fingerprint density at radius 2 is 1.76 bits per heavy atom. The Kier molecular flexibility index (Phi) is 3.91. The van der Waals surface area contributed by atoms with Gasteiger partial charge in [0.05, 0.1) is 18.8 Å². The first-order valence-electron chi connectivity index (χ1n) is 7.03. The first-order valence-corrected chi connectivity index (χ1v) is 7.82. The number of hydrogen-bond acceptors (Lipinski definition) is 3. The third-order valence-electron chi connectivity index (χ3n) is 3.78. The van der Waals surface area contributed by atoms with Crippen LogP contribution in [-0.2, 0) is 5.54 Å². The van der Waals surface area contributed by atoms with Crippen molar-refractivity contribution in [2.24, 2.45) is 5.73 Å². The average molecular weight is 348 g/mol. The number of halogens is 1. The summed E-state index contributed by atoms with van der Waals surface area (Å²) in [6, 6.07) is 14.0. The van der Waals surface area contributed by atoms with Crippen LogP contribution in [0.25, 0.3) is 0 Å². The summed E-state index contributed by atoms with van der Waals surface area (Å²) in [6.45, 7) is 3.37. The molecule has 0 radical (unpaired) electrons. The average Bonchev–Trinajstić information content (AvgIpc) is 2.72. The monoisotopic (exact) mass is 347 g/mol.